The van der Waals surface area contributed by atoms with Gasteiger partial charge in [-0.2, -0.15) is 0 Å². The van der Waals surface area contributed by atoms with Crippen molar-refractivity contribution in [2.75, 3.05) is 0 Å². The molecule has 0 unspecified atom stereocenters. The highest BCUT2D eigenvalue weighted by atomic mass is 35.7. The molecule has 3 rings (SSSR count). The van der Waals surface area contributed by atoms with Crippen molar-refractivity contribution < 1.29 is 0 Å². The first-order valence-electron chi connectivity index (χ1n) is 5.25. The monoisotopic (exact) mass is 264 g/mol. The lowest BCUT2D eigenvalue weighted by atomic mass is 10.1. The minimum absolute atomic E-state index is 0.977. The van der Waals surface area contributed by atoms with Gasteiger partial charge in [-0.25, -0.2) is 0 Å². The molecule has 2 aromatic carbocycles. The summed E-state index contributed by atoms with van der Waals surface area (Å²) in [6.07, 6.45) is 0.977. The summed E-state index contributed by atoms with van der Waals surface area (Å²) in [7, 11) is -1.76. The molecular weight excluding hydrogens is 255 g/mol. The number of halogens is 2. The van der Waals surface area contributed by atoms with Crippen LogP contribution in [0.25, 0.3) is 11.1 Å². The second-order valence-corrected chi connectivity index (χ2v) is 8.52. The molecule has 0 radical (unpaired) electrons. The Hall–Kier alpha value is -0.763. The molecule has 80 valence electrons. The molecule has 16 heavy (non-hydrogen) atoms. The van der Waals surface area contributed by atoms with E-state index in [1.165, 1.54) is 27.4 Å². The second kappa shape index (κ2) is 3.92. The maximum atomic E-state index is 6.13. The molecule has 0 amide bonds. The zero-order chi connectivity index (χ0) is 11.1. The predicted molar refractivity (Wildman–Crippen MR) is 73.2 cm³/mol. The van der Waals surface area contributed by atoms with Gasteiger partial charge >= 0.3 is 0 Å². The van der Waals surface area contributed by atoms with Crippen LogP contribution in [0.3, 0.4) is 0 Å². The van der Waals surface area contributed by atoms with Crippen LogP contribution in [0.15, 0.2) is 42.5 Å². The maximum Gasteiger partial charge on any atom is 0.266 e. The predicted octanol–water partition coefficient (Wildman–Crippen LogP) is 3.16. The molecule has 0 nitrogen and oxygen atoms in total. The molecule has 0 bridgehead atoms. The van der Waals surface area contributed by atoms with Crippen LogP contribution in [0.5, 0.6) is 0 Å². The van der Waals surface area contributed by atoms with Crippen molar-refractivity contribution in [3.63, 3.8) is 0 Å². The smallest absolute Gasteiger partial charge is 0.144 e. The number of rotatable bonds is 1. The highest BCUT2D eigenvalue weighted by Gasteiger charge is 2.22. The third kappa shape index (κ3) is 1.51. The van der Waals surface area contributed by atoms with Crippen molar-refractivity contribution in [2.45, 2.75) is 6.42 Å². The quantitative estimate of drug-likeness (QED) is 0.468. The Labute approximate surface area is 106 Å². The Bertz CT molecular complexity index is 549. The van der Waals surface area contributed by atoms with E-state index in [1.807, 2.05) is 0 Å². The van der Waals surface area contributed by atoms with Gasteiger partial charge in [0.15, 0.2) is 0 Å². The SMILES string of the molecule is Cl[SiH](Cl)c1cccc2c1Cc1ccccc1-2. The van der Waals surface area contributed by atoms with Crippen LogP contribution in [0.2, 0.25) is 0 Å². The largest absolute Gasteiger partial charge is 0.266 e. The summed E-state index contributed by atoms with van der Waals surface area (Å²) >= 11 is 12.3. The molecule has 0 aromatic heterocycles. The summed E-state index contributed by atoms with van der Waals surface area (Å²) in [5.74, 6) is 0. The Balaban J connectivity index is 2.24. The molecule has 0 heterocycles. The van der Waals surface area contributed by atoms with Crippen molar-refractivity contribution in [1.29, 1.82) is 0 Å². The molecule has 0 atom stereocenters. The average molecular weight is 265 g/mol. The first kappa shape index (κ1) is 10.4. The van der Waals surface area contributed by atoms with Crippen LogP contribution in [0.4, 0.5) is 0 Å². The van der Waals surface area contributed by atoms with E-state index in [0.29, 0.717) is 0 Å². The third-order valence-electron chi connectivity index (χ3n) is 3.12. The normalized spacial score (nSPS) is 12.7. The second-order valence-electron chi connectivity index (χ2n) is 4.01. The molecule has 0 saturated heterocycles. The summed E-state index contributed by atoms with van der Waals surface area (Å²) in [5, 5.41) is 1.18. The van der Waals surface area contributed by atoms with Gasteiger partial charge in [0.1, 0.15) is 0 Å². The van der Waals surface area contributed by atoms with Crippen LogP contribution >= 0.6 is 22.2 Å². The van der Waals surface area contributed by atoms with E-state index in [0.717, 1.165) is 6.42 Å². The molecule has 2 aromatic rings. The van der Waals surface area contributed by atoms with Crippen molar-refractivity contribution in [2.24, 2.45) is 0 Å². The fourth-order valence-corrected chi connectivity index (χ4v) is 4.39. The van der Waals surface area contributed by atoms with Gasteiger partial charge in [0.2, 0.25) is 0 Å². The zero-order valence-electron chi connectivity index (χ0n) is 8.58. The standard InChI is InChI=1S/C13H10Cl2Si/c14-16(15)13-7-3-6-11-10-5-2-1-4-9(10)8-12(11)13/h1-7,16H,8H2. The van der Waals surface area contributed by atoms with Gasteiger partial charge in [-0.3, -0.25) is 0 Å². The van der Waals surface area contributed by atoms with E-state index in [-0.39, 0.29) is 0 Å². The average Bonchev–Trinajstić information content (AvgIpc) is 2.67. The van der Waals surface area contributed by atoms with E-state index in [1.54, 1.807) is 0 Å². The summed E-state index contributed by atoms with van der Waals surface area (Å²) in [6.45, 7) is 0. The Morgan fingerprint density at radius 1 is 0.875 bits per heavy atom. The van der Waals surface area contributed by atoms with Crippen LogP contribution in [-0.4, -0.2) is 7.42 Å². The van der Waals surface area contributed by atoms with Crippen LogP contribution in [0.1, 0.15) is 11.1 Å². The molecular formula is C13H10Cl2Si. The minimum Gasteiger partial charge on any atom is -0.144 e. The first-order valence-corrected chi connectivity index (χ1v) is 9.32. The third-order valence-corrected chi connectivity index (χ3v) is 5.54. The number of hydrogen-bond acceptors (Lipinski definition) is 0. The molecule has 1 aliphatic carbocycles. The fraction of sp³-hybridized carbons (Fsp3) is 0.0769. The Morgan fingerprint density at radius 2 is 1.62 bits per heavy atom. The van der Waals surface area contributed by atoms with E-state index in [4.69, 9.17) is 22.2 Å². The number of benzene rings is 2. The number of fused-ring (bicyclic) bond motifs is 3. The molecule has 0 fully saturated rings. The highest BCUT2D eigenvalue weighted by molar-refractivity contribution is 7.39. The lowest BCUT2D eigenvalue weighted by Gasteiger charge is -2.07. The van der Waals surface area contributed by atoms with Gasteiger partial charge in [0.25, 0.3) is 7.42 Å². The van der Waals surface area contributed by atoms with Gasteiger partial charge in [-0.05, 0) is 33.9 Å². The molecule has 3 heteroatoms. The summed E-state index contributed by atoms with van der Waals surface area (Å²) in [5.41, 5.74) is 5.37. The summed E-state index contributed by atoms with van der Waals surface area (Å²) < 4.78 is 0. The molecule has 1 aliphatic rings. The fourth-order valence-electron chi connectivity index (χ4n) is 2.39. The van der Waals surface area contributed by atoms with Gasteiger partial charge < -0.3 is 0 Å². The maximum absolute atomic E-state index is 6.13. The van der Waals surface area contributed by atoms with Crippen LogP contribution in [-0.2, 0) is 6.42 Å². The van der Waals surface area contributed by atoms with Crippen LogP contribution < -0.4 is 5.19 Å². The summed E-state index contributed by atoms with van der Waals surface area (Å²) in [6, 6.07) is 14.8. The lowest BCUT2D eigenvalue weighted by Crippen LogP contribution is -2.22. The molecule has 0 saturated carbocycles. The molecule has 0 N–H and O–H groups in total. The highest BCUT2D eigenvalue weighted by Crippen LogP contribution is 2.35. The number of hydrogen-bond donors (Lipinski definition) is 0. The minimum atomic E-state index is -1.76. The van der Waals surface area contributed by atoms with Gasteiger partial charge in [-0.15, -0.1) is 22.2 Å². The van der Waals surface area contributed by atoms with Crippen molar-refractivity contribution in [3.05, 3.63) is 53.6 Å². The Kier molecular flexibility index (Phi) is 2.54. The molecule has 0 aliphatic heterocycles. The van der Waals surface area contributed by atoms with E-state index in [9.17, 15) is 0 Å². The lowest BCUT2D eigenvalue weighted by molar-refractivity contribution is 1.28. The Morgan fingerprint density at radius 3 is 2.44 bits per heavy atom. The summed E-state index contributed by atoms with van der Waals surface area (Å²) in [4.78, 5) is 0. The van der Waals surface area contributed by atoms with Crippen LogP contribution in [0, 0.1) is 0 Å². The zero-order valence-corrected chi connectivity index (χ0v) is 11.2. The van der Waals surface area contributed by atoms with Gasteiger partial charge in [-0.1, -0.05) is 42.5 Å². The van der Waals surface area contributed by atoms with Gasteiger partial charge in [0, 0.05) is 0 Å². The van der Waals surface area contributed by atoms with Crippen molar-refractivity contribution in [1.82, 2.24) is 0 Å². The van der Waals surface area contributed by atoms with E-state index < -0.39 is 7.42 Å². The topological polar surface area (TPSA) is 0 Å². The van der Waals surface area contributed by atoms with E-state index >= 15 is 0 Å². The van der Waals surface area contributed by atoms with Crippen molar-refractivity contribution in [3.8, 4) is 11.1 Å². The van der Waals surface area contributed by atoms with Gasteiger partial charge in [0.05, 0.1) is 0 Å². The first-order chi connectivity index (χ1) is 7.77. The van der Waals surface area contributed by atoms with Crippen molar-refractivity contribution >= 4 is 34.8 Å². The molecule has 0 spiro atoms. The van der Waals surface area contributed by atoms with E-state index in [2.05, 4.69) is 42.5 Å².